The van der Waals surface area contributed by atoms with Crippen molar-refractivity contribution >= 4 is 17.6 Å². The van der Waals surface area contributed by atoms with Gasteiger partial charge in [0.1, 0.15) is 5.76 Å². The van der Waals surface area contributed by atoms with Crippen LogP contribution in [-0.4, -0.2) is 72.1 Å². The summed E-state index contributed by atoms with van der Waals surface area (Å²) in [6, 6.07) is 2.10. The summed E-state index contributed by atoms with van der Waals surface area (Å²) in [5.41, 5.74) is 0. The molecule has 2 heterocycles. The molecule has 0 spiro atoms. The summed E-state index contributed by atoms with van der Waals surface area (Å²) in [6.45, 7) is 6.35. The van der Waals surface area contributed by atoms with Crippen molar-refractivity contribution in [2.24, 2.45) is 0 Å². The molecule has 0 unspecified atom stereocenters. The lowest BCUT2D eigenvalue weighted by Crippen LogP contribution is -2.49. The number of nitrogens with zero attached hydrogens (tertiary/aromatic N) is 3. The molecule has 0 atom stereocenters. The van der Waals surface area contributed by atoms with E-state index in [0.717, 1.165) is 45.6 Å². The lowest BCUT2D eigenvalue weighted by Gasteiger charge is -2.34. The van der Waals surface area contributed by atoms with Crippen LogP contribution in [0.3, 0.4) is 0 Å². The van der Waals surface area contributed by atoms with Crippen LogP contribution in [0.25, 0.3) is 0 Å². The Hall–Kier alpha value is -1.93. The van der Waals surface area contributed by atoms with E-state index in [1.165, 1.54) is 12.8 Å². The summed E-state index contributed by atoms with van der Waals surface area (Å²) in [5.74, 6) is 1.22. The van der Waals surface area contributed by atoms with Crippen LogP contribution in [-0.2, 0) is 9.59 Å². The van der Waals surface area contributed by atoms with E-state index < -0.39 is 0 Å². The van der Waals surface area contributed by atoms with Crippen LogP contribution in [0.5, 0.6) is 0 Å². The smallest absolute Gasteiger partial charge is 0.239 e. The Morgan fingerprint density at radius 1 is 1.15 bits per heavy atom. The minimum atomic E-state index is -0.0808. The zero-order valence-electron chi connectivity index (χ0n) is 15.5. The Balaban J connectivity index is 1.29. The predicted molar refractivity (Wildman–Crippen MR) is 97.8 cm³/mol. The summed E-state index contributed by atoms with van der Waals surface area (Å²) in [4.78, 5) is 28.5. The molecular weight excluding hydrogens is 334 g/mol. The zero-order valence-corrected chi connectivity index (χ0v) is 15.5. The van der Waals surface area contributed by atoms with Crippen molar-refractivity contribution in [1.82, 2.24) is 20.3 Å². The highest BCUT2D eigenvalue weighted by atomic mass is 16.5. The van der Waals surface area contributed by atoms with E-state index >= 15 is 0 Å². The highest BCUT2D eigenvalue weighted by molar-refractivity contribution is 5.91. The SMILES string of the molecule is Cc1cc(NC(=O)CN2CCN(CCC(=O)NC3CCCC3)CC2)no1. The summed E-state index contributed by atoms with van der Waals surface area (Å²) in [7, 11) is 0. The fourth-order valence-corrected chi connectivity index (χ4v) is 3.61. The monoisotopic (exact) mass is 363 g/mol. The van der Waals surface area contributed by atoms with E-state index in [9.17, 15) is 9.59 Å². The van der Waals surface area contributed by atoms with Crippen molar-refractivity contribution in [3.05, 3.63) is 11.8 Å². The molecule has 2 aliphatic rings. The second kappa shape index (κ2) is 9.14. The molecule has 2 fully saturated rings. The Labute approximate surface area is 154 Å². The molecule has 1 aliphatic heterocycles. The van der Waals surface area contributed by atoms with Gasteiger partial charge in [-0.2, -0.15) is 0 Å². The number of aromatic nitrogens is 1. The zero-order chi connectivity index (χ0) is 18.4. The highest BCUT2D eigenvalue weighted by Crippen LogP contribution is 2.17. The molecule has 0 aromatic carbocycles. The van der Waals surface area contributed by atoms with Gasteiger partial charge in [0.05, 0.1) is 6.54 Å². The van der Waals surface area contributed by atoms with Gasteiger partial charge in [-0.25, -0.2) is 0 Å². The van der Waals surface area contributed by atoms with Gasteiger partial charge < -0.3 is 20.1 Å². The molecule has 1 saturated heterocycles. The first-order chi connectivity index (χ1) is 12.6. The van der Waals surface area contributed by atoms with Gasteiger partial charge in [0.25, 0.3) is 0 Å². The molecule has 2 N–H and O–H groups in total. The molecule has 8 heteroatoms. The molecular formula is C18H29N5O3. The minimum absolute atomic E-state index is 0.0808. The lowest BCUT2D eigenvalue weighted by molar-refractivity contribution is -0.122. The maximum absolute atomic E-state index is 12.1. The number of hydrogen-bond acceptors (Lipinski definition) is 6. The number of amides is 2. The van der Waals surface area contributed by atoms with Gasteiger partial charge in [0, 0.05) is 51.3 Å². The molecule has 2 amide bonds. The van der Waals surface area contributed by atoms with Crippen molar-refractivity contribution in [2.45, 2.75) is 45.1 Å². The van der Waals surface area contributed by atoms with Crippen LogP contribution in [0, 0.1) is 6.92 Å². The van der Waals surface area contributed by atoms with Gasteiger partial charge >= 0.3 is 0 Å². The molecule has 1 aromatic heterocycles. The normalized spacial score (nSPS) is 19.6. The van der Waals surface area contributed by atoms with E-state index in [1.54, 1.807) is 13.0 Å². The average Bonchev–Trinajstić information content (AvgIpc) is 3.26. The van der Waals surface area contributed by atoms with Gasteiger partial charge in [-0.05, 0) is 19.8 Å². The van der Waals surface area contributed by atoms with Crippen LogP contribution in [0.4, 0.5) is 5.82 Å². The van der Waals surface area contributed by atoms with Crippen molar-refractivity contribution in [2.75, 3.05) is 44.6 Å². The number of hydrogen-bond donors (Lipinski definition) is 2. The third kappa shape index (κ3) is 5.81. The number of piperazine rings is 1. The van der Waals surface area contributed by atoms with Crippen molar-refractivity contribution in [3.8, 4) is 0 Å². The van der Waals surface area contributed by atoms with E-state index in [2.05, 4.69) is 25.6 Å². The van der Waals surface area contributed by atoms with Gasteiger partial charge in [-0.15, -0.1) is 0 Å². The number of carbonyl (C=O) groups excluding carboxylic acids is 2. The Kier molecular flexibility index (Phi) is 6.62. The summed E-state index contributed by atoms with van der Waals surface area (Å²) in [6.07, 6.45) is 5.27. The molecule has 1 aliphatic carbocycles. The van der Waals surface area contributed by atoms with E-state index in [-0.39, 0.29) is 11.8 Å². The van der Waals surface area contributed by atoms with E-state index in [4.69, 9.17) is 4.52 Å². The standard InChI is InChI=1S/C18H29N5O3/c1-14-12-16(21-26-14)20-18(25)13-23-10-8-22(9-11-23)7-6-17(24)19-15-4-2-3-5-15/h12,15H,2-11,13H2,1H3,(H,19,24)(H,20,21,25). The van der Waals surface area contributed by atoms with E-state index in [1.807, 2.05) is 0 Å². The van der Waals surface area contributed by atoms with Crippen molar-refractivity contribution < 1.29 is 14.1 Å². The predicted octanol–water partition coefficient (Wildman–Crippen LogP) is 0.988. The topological polar surface area (TPSA) is 90.7 Å². The molecule has 26 heavy (non-hydrogen) atoms. The molecule has 0 radical (unpaired) electrons. The molecule has 0 bridgehead atoms. The van der Waals surface area contributed by atoms with E-state index in [0.29, 0.717) is 30.6 Å². The van der Waals surface area contributed by atoms with Crippen LogP contribution in [0.1, 0.15) is 37.9 Å². The van der Waals surface area contributed by atoms with Crippen LogP contribution < -0.4 is 10.6 Å². The van der Waals surface area contributed by atoms with Gasteiger partial charge in [0.2, 0.25) is 11.8 Å². The summed E-state index contributed by atoms with van der Waals surface area (Å²) < 4.78 is 4.94. The summed E-state index contributed by atoms with van der Waals surface area (Å²) in [5, 5.41) is 9.65. The first-order valence-corrected chi connectivity index (χ1v) is 9.56. The van der Waals surface area contributed by atoms with Gasteiger partial charge in [0.15, 0.2) is 5.82 Å². The maximum Gasteiger partial charge on any atom is 0.239 e. The first kappa shape index (κ1) is 18.8. The van der Waals surface area contributed by atoms with Gasteiger partial charge in [-0.1, -0.05) is 18.0 Å². The molecule has 144 valence electrons. The fourth-order valence-electron chi connectivity index (χ4n) is 3.61. The number of carbonyl (C=O) groups is 2. The summed E-state index contributed by atoms with van der Waals surface area (Å²) >= 11 is 0. The first-order valence-electron chi connectivity index (χ1n) is 9.56. The average molecular weight is 363 g/mol. The molecule has 3 rings (SSSR count). The number of anilines is 1. The van der Waals surface area contributed by atoms with Crippen LogP contribution in [0.15, 0.2) is 10.6 Å². The number of nitrogens with one attached hydrogen (secondary N) is 2. The Bertz CT molecular complexity index is 604. The second-order valence-electron chi connectivity index (χ2n) is 7.29. The lowest BCUT2D eigenvalue weighted by atomic mass is 10.2. The van der Waals surface area contributed by atoms with Crippen molar-refractivity contribution in [1.29, 1.82) is 0 Å². The van der Waals surface area contributed by atoms with Gasteiger partial charge in [-0.3, -0.25) is 14.5 Å². The quantitative estimate of drug-likeness (QED) is 0.751. The maximum atomic E-state index is 12.1. The Morgan fingerprint density at radius 3 is 2.50 bits per heavy atom. The Morgan fingerprint density at radius 2 is 1.85 bits per heavy atom. The van der Waals surface area contributed by atoms with Crippen LogP contribution >= 0.6 is 0 Å². The molecule has 1 saturated carbocycles. The highest BCUT2D eigenvalue weighted by Gasteiger charge is 2.21. The minimum Gasteiger partial charge on any atom is -0.360 e. The number of aryl methyl sites for hydroxylation is 1. The number of rotatable bonds is 7. The second-order valence-corrected chi connectivity index (χ2v) is 7.29. The van der Waals surface area contributed by atoms with Crippen LogP contribution in [0.2, 0.25) is 0 Å². The molecule has 1 aromatic rings. The molecule has 8 nitrogen and oxygen atoms in total. The largest absolute Gasteiger partial charge is 0.360 e. The fraction of sp³-hybridized carbons (Fsp3) is 0.722. The third-order valence-electron chi connectivity index (χ3n) is 5.10. The third-order valence-corrected chi connectivity index (χ3v) is 5.10. The van der Waals surface area contributed by atoms with Crippen molar-refractivity contribution in [3.63, 3.8) is 0 Å².